The number of aromatic nitrogens is 2. The summed E-state index contributed by atoms with van der Waals surface area (Å²) in [5, 5.41) is 0. The number of pyridine rings is 2. The van der Waals surface area contributed by atoms with Crippen molar-refractivity contribution in [2.45, 2.75) is 46.0 Å². The first-order valence-corrected chi connectivity index (χ1v) is 16.6. The highest BCUT2D eigenvalue weighted by molar-refractivity contribution is 5.66. The summed E-state index contributed by atoms with van der Waals surface area (Å²) in [6.45, 7) is 4.40. The van der Waals surface area contributed by atoms with Gasteiger partial charge >= 0.3 is 0 Å². The number of halogens is 2. The van der Waals surface area contributed by atoms with Gasteiger partial charge in [0, 0.05) is 34.6 Å². The van der Waals surface area contributed by atoms with E-state index in [0.717, 1.165) is 30.4 Å². The average molecular weight is 645 g/mol. The van der Waals surface area contributed by atoms with E-state index in [1.165, 1.54) is 70.7 Å². The molecule has 6 aromatic rings. The summed E-state index contributed by atoms with van der Waals surface area (Å²) >= 11 is 0. The number of benzene rings is 4. The van der Waals surface area contributed by atoms with E-state index >= 15 is 0 Å². The lowest BCUT2D eigenvalue weighted by Gasteiger charge is -2.04. The van der Waals surface area contributed by atoms with Gasteiger partial charge < -0.3 is 0 Å². The van der Waals surface area contributed by atoms with Crippen molar-refractivity contribution in [2.75, 3.05) is 0 Å². The Kier molecular flexibility index (Phi) is 12.6. The van der Waals surface area contributed by atoms with Gasteiger partial charge in [0.05, 0.1) is 0 Å². The van der Waals surface area contributed by atoms with Crippen molar-refractivity contribution in [3.05, 3.63) is 179 Å². The highest BCUT2D eigenvalue weighted by atomic mass is 19.1. The van der Waals surface area contributed by atoms with Gasteiger partial charge in [-0.15, -0.1) is 0 Å². The molecular formula is C45H38F2N2. The quantitative estimate of drug-likeness (QED) is 0.128. The Morgan fingerprint density at radius 3 is 1.10 bits per heavy atom. The van der Waals surface area contributed by atoms with Gasteiger partial charge in [-0.25, -0.2) is 9.97 Å². The van der Waals surface area contributed by atoms with Crippen molar-refractivity contribution < 1.29 is 8.78 Å². The first-order chi connectivity index (χ1) is 24.0. The zero-order valence-corrected chi connectivity index (χ0v) is 27.9. The molecule has 2 aromatic heterocycles. The Balaban J connectivity index is 0.000000191. The van der Waals surface area contributed by atoms with Crippen LogP contribution >= 0.6 is 0 Å². The molecule has 0 bridgehead atoms. The summed E-state index contributed by atoms with van der Waals surface area (Å²) in [6, 6.07) is 39.7. The van der Waals surface area contributed by atoms with Gasteiger partial charge in [0.25, 0.3) is 0 Å². The molecule has 0 atom stereocenters. The summed E-state index contributed by atoms with van der Waals surface area (Å²) < 4.78 is 25.5. The van der Waals surface area contributed by atoms with Crippen molar-refractivity contribution >= 4 is 0 Å². The molecule has 2 nitrogen and oxygen atoms in total. The Labute approximate surface area is 289 Å². The van der Waals surface area contributed by atoms with E-state index in [1.54, 1.807) is 12.1 Å². The monoisotopic (exact) mass is 644 g/mol. The van der Waals surface area contributed by atoms with Crippen LogP contribution in [-0.2, 0) is 12.8 Å². The Morgan fingerprint density at radius 2 is 0.755 bits per heavy atom. The lowest BCUT2D eigenvalue weighted by molar-refractivity contribution is 0.583. The summed E-state index contributed by atoms with van der Waals surface area (Å²) in [5.74, 6) is 11.2. The van der Waals surface area contributed by atoms with E-state index in [9.17, 15) is 8.78 Å². The average Bonchev–Trinajstić information content (AvgIpc) is 3.15. The molecule has 0 aliphatic heterocycles. The van der Waals surface area contributed by atoms with Crippen LogP contribution in [0.2, 0.25) is 0 Å². The Hall–Kier alpha value is -5.84. The van der Waals surface area contributed by atoms with Crippen LogP contribution < -0.4 is 0 Å². The maximum absolute atomic E-state index is 12.8. The first-order valence-electron chi connectivity index (χ1n) is 16.6. The van der Waals surface area contributed by atoms with Crippen LogP contribution in [0.5, 0.6) is 0 Å². The molecule has 0 amide bonds. The number of aryl methyl sites for hydroxylation is 2. The van der Waals surface area contributed by atoms with Gasteiger partial charge in [0.15, 0.2) is 0 Å². The highest BCUT2D eigenvalue weighted by Gasteiger charge is 2.00. The highest BCUT2D eigenvalue weighted by Crippen LogP contribution is 2.22. The van der Waals surface area contributed by atoms with Gasteiger partial charge in [0.2, 0.25) is 11.9 Å². The third-order valence-electron chi connectivity index (χ3n) is 7.86. The Morgan fingerprint density at radius 1 is 0.408 bits per heavy atom. The molecule has 0 unspecified atom stereocenters. The molecule has 49 heavy (non-hydrogen) atoms. The molecule has 0 spiro atoms. The van der Waals surface area contributed by atoms with Gasteiger partial charge in [-0.3, -0.25) is 0 Å². The summed E-state index contributed by atoms with van der Waals surface area (Å²) in [5.41, 5.74) is 10.8. The van der Waals surface area contributed by atoms with E-state index in [2.05, 4.69) is 120 Å². The van der Waals surface area contributed by atoms with E-state index in [0.29, 0.717) is 11.1 Å². The minimum atomic E-state index is -0.491. The molecule has 4 heteroatoms. The molecule has 6 rings (SSSR count). The standard InChI is InChI=1S/C23H20FN.C22H18FN/c1-2-3-4-18-7-12-21(13-8-18)22-14-9-19(10-15-22)5-6-20-11-16-23(24)25-17-20;1-2-3-17-6-11-20(12-7-17)21-13-8-18(9-14-21)4-5-19-10-15-22(23)24-16-19/h7-17H,2-4H2,1H3;6-16H,2-3H2,1H3. The van der Waals surface area contributed by atoms with Gasteiger partial charge in [-0.2, -0.15) is 8.78 Å². The number of hydrogen-bond donors (Lipinski definition) is 0. The molecular weight excluding hydrogens is 607 g/mol. The molecule has 0 N–H and O–H groups in total. The van der Waals surface area contributed by atoms with E-state index < -0.39 is 11.9 Å². The third-order valence-corrected chi connectivity index (χ3v) is 7.86. The number of rotatable bonds is 7. The number of nitrogens with zero attached hydrogens (tertiary/aromatic N) is 2. The van der Waals surface area contributed by atoms with Crippen molar-refractivity contribution in [2.24, 2.45) is 0 Å². The zero-order valence-electron chi connectivity index (χ0n) is 27.9. The van der Waals surface area contributed by atoms with E-state index in [4.69, 9.17) is 0 Å². The van der Waals surface area contributed by atoms with Crippen molar-refractivity contribution in [1.29, 1.82) is 0 Å². The third kappa shape index (κ3) is 10.9. The van der Waals surface area contributed by atoms with Crippen molar-refractivity contribution in [3.8, 4) is 45.9 Å². The largest absolute Gasteiger partial charge is 0.227 e. The smallest absolute Gasteiger partial charge is 0.212 e. The van der Waals surface area contributed by atoms with Crippen LogP contribution in [0, 0.1) is 35.6 Å². The molecule has 242 valence electrons. The zero-order chi connectivity index (χ0) is 34.3. The van der Waals surface area contributed by atoms with Gasteiger partial charge in [0.1, 0.15) is 0 Å². The van der Waals surface area contributed by atoms with E-state index in [-0.39, 0.29) is 0 Å². The second-order valence-electron chi connectivity index (χ2n) is 11.6. The minimum absolute atomic E-state index is 0.490. The second kappa shape index (κ2) is 17.9. The van der Waals surface area contributed by atoms with Crippen LogP contribution in [0.1, 0.15) is 66.5 Å². The summed E-state index contributed by atoms with van der Waals surface area (Å²) in [4.78, 5) is 7.20. The summed E-state index contributed by atoms with van der Waals surface area (Å²) in [7, 11) is 0. The molecule has 4 aromatic carbocycles. The molecule has 0 saturated carbocycles. The predicted octanol–water partition coefficient (Wildman–Crippen LogP) is 10.9. The van der Waals surface area contributed by atoms with Gasteiger partial charge in [-0.05, 0) is 101 Å². The second-order valence-corrected chi connectivity index (χ2v) is 11.6. The van der Waals surface area contributed by atoms with Crippen molar-refractivity contribution in [3.63, 3.8) is 0 Å². The molecule has 0 fully saturated rings. The van der Waals surface area contributed by atoms with E-state index in [1.807, 2.05) is 24.3 Å². The molecule has 0 radical (unpaired) electrons. The van der Waals surface area contributed by atoms with Crippen LogP contribution in [0.25, 0.3) is 22.3 Å². The fourth-order valence-electron chi connectivity index (χ4n) is 5.08. The van der Waals surface area contributed by atoms with Crippen LogP contribution in [0.15, 0.2) is 134 Å². The normalized spacial score (nSPS) is 10.1. The van der Waals surface area contributed by atoms with Crippen molar-refractivity contribution in [1.82, 2.24) is 9.97 Å². The first kappa shape index (κ1) is 34.5. The SMILES string of the molecule is CCCCc1ccc(-c2ccc(C#Cc3ccc(F)nc3)cc2)cc1.CCCc1ccc(-c2ccc(C#Cc3ccc(F)nc3)cc2)cc1. The Bertz CT molecular complexity index is 2020. The lowest BCUT2D eigenvalue weighted by atomic mass is 10.0. The predicted molar refractivity (Wildman–Crippen MR) is 197 cm³/mol. The molecule has 0 aliphatic carbocycles. The fraction of sp³-hybridized carbons (Fsp3) is 0.156. The molecule has 2 heterocycles. The van der Waals surface area contributed by atoms with Gasteiger partial charge in [-0.1, -0.05) is 123 Å². The maximum Gasteiger partial charge on any atom is 0.212 e. The number of hydrogen-bond acceptors (Lipinski definition) is 2. The molecule has 0 saturated heterocycles. The van der Waals surface area contributed by atoms with Crippen LogP contribution in [0.3, 0.4) is 0 Å². The summed E-state index contributed by atoms with van der Waals surface area (Å²) in [6.07, 6.45) is 8.76. The van der Waals surface area contributed by atoms with Crippen LogP contribution in [-0.4, -0.2) is 9.97 Å². The van der Waals surface area contributed by atoms with Crippen LogP contribution in [0.4, 0.5) is 8.78 Å². The minimum Gasteiger partial charge on any atom is -0.227 e. The topological polar surface area (TPSA) is 25.8 Å². The maximum atomic E-state index is 12.8. The molecule has 0 aliphatic rings. The fourth-order valence-corrected chi connectivity index (χ4v) is 5.08. The number of unbranched alkanes of at least 4 members (excludes halogenated alkanes) is 1. The lowest BCUT2D eigenvalue weighted by Crippen LogP contribution is -1.85.